The molecule has 0 radical (unpaired) electrons. The van der Waals surface area contributed by atoms with Crippen molar-refractivity contribution in [2.45, 2.75) is 50.8 Å². The lowest BCUT2D eigenvalue weighted by molar-refractivity contribution is -0.128. The summed E-state index contributed by atoms with van der Waals surface area (Å²) in [5.41, 5.74) is 0.668. The van der Waals surface area contributed by atoms with Crippen LogP contribution >= 0.6 is 0 Å². The van der Waals surface area contributed by atoms with E-state index in [0.29, 0.717) is 36.8 Å². The van der Waals surface area contributed by atoms with Crippen molar-refractivity contribution in [2.75, 3.05) is 19.7 Å². The zero-order valence-corrected chi connectivity index (χ0v) is 19.7. The van der Waals surface area contributed by atoms with Gasteiger partial charge in [0.1, 0.15) is 17.5 Å². The Kier molecular flexibility index (Phi) is 6.83. The average molecular weight is 505 g/mol. The number of hydrogen-bond acceptors (Lipinski definition) is 5. The van der Waals surface area contributed by atoms with Gasteiger partial charge in [-0.15, -0.1) is 0 Å². The summed E-state index contributed by atoms with van der Waals surface area (Å²) in [6.07, 6.45) is 3.70. The van der Waals surface area contributed by atoms with Gasteiger partial charge in [-0.25, -0.2) is 0 Å². The Bertz CT molecular complexity index is 1150. The van der Waals surface area contributed by atoms with Gasteiger partial charge in [0.25, 0.3) is 5.91 Å². The molecule has 0 bridgehead atoms. The van der Waals surface area contributed by atoms with Crippen LogP contribution in [0.25, 0.3) is 10.9 Å². The smallest absolute Gasteiger partial charge is 0.387 e. The van der Waals surface area contributed by atoms with E-state index in [9.17, 15) is 28.3 Å². The van der Waals surface area contributed by atoms with Crippen molar-refractivity contribution in [3.8, 4) is 5.75 Å². The molecule has 4 N–H and O–H groups in total. The molecule has 36 heavy (non-hydrogen) atoms. The number of carbonyl (C=O) groups excluding carboxylic acids is 3. The third kappa shape index (κ3) is 4.63. The number of hydrogen-bond donors (Lipinski definition) is 4. The van der Waals surface area contributed by atoms with Gasteiger partial charge in [0.05, 0.1) is 12.6 Å². The number of nitrogens with one attached hydrogen (secondary N) is 3. The summed E-state index contributed by atoms with van der Waals surface area (Å²) in [5, 5.41) is 15.9. The summed E-state index contributed by atoms with van der Waals surface area (Å²) >= 11 is 0. The van der Waals surface area contributed by atoms with Crippen molar-refractivity contribution < 1.29 is 33.0 Å². The summed E-state index contributed by atoms with van der Waals surface area (Å²) in [6.45, 7) is -2.30. The molecule has 3 aliphatic rings. The normalized spacial score (nSPS) is 26.3. The fourth-order valence-electron chi connectivity index (χ4n) is 6.13. The number of amides is 3. The van der Waals surface area contributed by atoms with E-state index in [1.807, 2.05) is 0 Å². The molecule has 1 aromatic carbocycles. The Labute approximate surface area is 206 Å². The van der Waals surface area contributed by atoms with Gasteiger partial charge in [-0.2, -0.15) is 8.78 Å². The van der Waals surface area contributed by atoms with Crippen molar-refractivity contribution in [2.24, 2.45) is 17.8 Å². The molecule has 194 valence electrons. The van der Waals surface area contributed by atoms with Gasteiger partial charge in [0.2, 0.25) is 11.8 Å². The standard InChI is InChI=1S/C25H30F2N4O5/c26-25(27)36-20-6-2-5-18-17(20)10-19(30-18)24(35)31-11-14-3-1-4-16(14)21(31)23(34)29-15(12-32)9-13-7-8-28-22(13)33/h2,5-6,10,13-16,21,25,30,32H,1,3-4,7-9,11-12H2,(H,28,33)(H,29,34)/t13-,14-,15-,16-,21-/m0/s1. The molecule has 2 saturated heterocycles. The Morgan fingerprint density at radius 2 is 2.08 bits per heavy atom. The lowest BCUT2D eigenvalue weighted by atomic mass is 9.92. The number of H-pyrrole nitrogens is 1. The number of aromatic amines is 1. The van der Waals surface area contributed by atoms with E-state index in [2.05, 4.69) is 20.4 Å². The number of halogens is 2. The molecule has 11 heteroatoms. The molecule has 2 aliphatic heterocycles. The Morgan fingerprint density at radius 1 is 1.25 bits per heavy atom. The number of fused-ring (bicyclic) bond motifs is 2. The van der Waals surface area contributed by atoms with Crippen molar-refractivity contribution in [3.05, 3.63) is 30.0 Å². The number of aromatic nitrogens is 1. The molecule has 3 amide bonds. The molecule has 1 saturated carbocycles. The van der Waals surface area contributed by atoms with Gasteiger partial charge in [0, 0.05) is 29.9 Å². The molecule has 3 heterocycles. The molecule has 0 spiro atoms. The Balaban J connectivity index is 1.36. The molecular formula is C25H30F2N4O5. The minimum atomic E-state index is -2.99. The average Bonchev–Trinajstić information content (AvgIpc) is 3.61. The van der Waals surface area contributed by atoms with E-state index in [4.69, 9.17) is 0 Å². The topological polar surface area (TPSA) is 124 Å². The van der Waals surface area contributed by atoms with Crippen LogP contribution in [0.4, 0.5) is 8.78 Å². The summed E-state index contributed by atoms with van der Waals surface area (Å²) < 4.78 is 30.2. The second kappa shape index (κ2) is 10.0. The van der Waals surface area contributed by atoms with Gasteiger partial charge in [-0.05, 0) is 55.7 Å². The number of benzene rings is 1. The van der Waals surface area contributed by atoms with Crippen molar-refractivity contribution in [1.82, 2.24) is 20.5 Å². The van der Waals surface area contributed by atoms with Crippen LogP contribution in [0, 0.1) is 17.8 Å². The predicted molar refractivity (Wildman–Crippen MR) is 125 cm³/mol. The van der Waals surface area contributed by atoms with Crippen LogP contribution in [0.15, 0.2) is 24.3 Å². The number of ether oxygens (including phenoxy) is 1. The third-order valence-electron chi connectivity index (χ3n) is 7.79. The zero-order valence-electron chi connectivity index (χ0n) is 19.7. The van der Waals surface area contributed by atoms with E-state index < -0.39 is 18.7 Å². The molecule has 2 aromatic rings. The number of likely N-dealkylation sites (tertiary alicyclic amines) is 1. The summed E-state index contributed by atoms with van der Waals surface area (Å²) in [5.74, 6) is -0.908. The highest BCUT2D eigenvalue weighted by Gasteiger charge is 2.50. The highest BCUT2D eigenvalue weighted by Crippen LogP contribution is 2.43. The van der Waals surface area contributed by atoms with Gasteiger partial charge in [0.15, 0.2) is 0 Å². The Morgan fingerprint density at radius 3 is 2.81 bits per heavy atom. The maximum absolute atomic E-state index is 13.6. The van der Waals surface area contributed by atoms with E-state index in [0.717, 1.165) is 19.3 Å². The molecule has 1 aromatic heterocycles. The molecule has 1 aliphatic carbocycles. The minimum absolute atomic E-state index is 0.00479. The SMILES string of the molecule is O=C1NCC[C@H]1C[C@@H](CO)NC(=O)[C@@H]1[C@H]2CCC[C@H]2CN1C(=O)c1cc2c(OC(F)F)cccc2[nH]1. The van der Waals surface area contributed by atoms with Gasteiger partial charge >= 0.3 is 6.61 Å². The molecular weight excluding hydrogens is 474 g/mol. The van der Waals surface area contributed by atoms with Gasteiger partial charge in [-0.1, -0.05) is 12.5 Å². The van der Waals surface area contributed by atoms with Gasteiger partial charge in [-0.3, -0.25) is 14.4 Å². The highest BCUT2D eigenvalue weighted by molar-refractivity contribution is 6.02. The largest absolute Gasteiger partial charge is 0.434 e. The molecule has 5 rings (SSSR count). The minimum Gasteiger partial charge on any atom is -0.434 e. The second-order valence-corrected chi connectivity index (χ2v) is 9.94. The van der Waals surface area contributed by atoms with Crippen LogP contribution in [-0.2, 0) is 9.59 Å². The van der Waals surface area contributed by atoms with E-state index in [1.54, 1.807) is 17.0 Å². The van der Waals surface area contributed by atoms with Crippen molar-refractivity contribution in [1.29, 1.82) is 0 Å². The molecule has 5 atom stereocenters. The summed E-state index contributed by atoms with van der Waals surface area (Å²) in [4.78, 5) is 43.6. The quantitative estimate of drug-likeness (QED) is 0.438. The molecule has 9 nitrogen and oxygen atoms in total. The lowest BCUT2D eigenvalue weighted by Gasteiger charge is -2.29. The van der Waals surface area contributed by atoms with Crippen LogP contribution in [0.2, 0.25) is 0 Å². The first-order valence-corrected chi connectivity index (χ1v) is 12.4. The highest BCUT2D eigenvalue weighted by atomic mass is 19.3. The van der Waals surface area contributed by atoms with Gasteiger partial charge < -0.3 is 30.4 Å². The van der Waals surface area contributed by atoms with Crippen LogP contribution < -0.4 is 15.4 Å². The summed E-state index contributed by atoms with van der Waals surface area (Å²) in [6, 6.07) is 4.81. The lowest BCUT2D eigenvalue weighted by Crippen LogP contribution is -2.52. The first-order valence-electron chi connectivity index (χ1n) is 12.4. The maximum Gasteiger partial charge on any atom is 0.387 e. The van der Waals surface area contributed by atoms with E-state index >= 15 is 0 Å². The van der Waals surface area contributed by atoms with Crippen LogP contribution in [0.5, 0.6) is 5.75 Å². The number of alkyl halides is 2. The third-order valence-corrected chi connectivity index (χ3v) is 7.79. The first kappa shape index (κ1) is 24.5. The van der Waals surface area contributed by atoms with Crippen LogP contribution in [0.1, 0.15) is 42.6 Å². The number of aliphatic hydroxyl groups is 1. The fourth-order valence-corrected chi connectivity index (χ4v) is 6.13. The van der Waals surface area contributed by atoms with Crippen molar-refractivity contribution >= 4 is 28.6 Å². The second-order valence-electron chi connectivity index (χ2n) is 9.94. The first-order chi connectivity index (χ1) is 17.4. The number of rotatable bonds is 8. The fraction of sp³-hybridized carbons (Fsp3) is 0.560. The van der Waals surface area contributed by atoms with E-state index in [1.165, 1.54) is 12.1 Å². The van der Waals surface area contributed by atoms with E-state index in [-0.39, 0.29) is 53.5 Å². The maximum atomic E-state index is 13.6. The van der Waals surface area contributed by atoms with Crippen LogP contribution in [-0.4, -0.2) is 71.1 Å². The zero-order chi connectivity index (χ0) is 25.4. The molecule has 3 fully saturated rings. The summed E-state index contributed by atoms with van der Waals surface area (Å²) in [7, 11) is 0. The predicted octanol–water partition coefficient (Wildman–Crippen LogP) is 2.01. The monoisotopic (exact) mass is 504 g/mol. The number of carbonyl (C=O) groups is 3. The number of aliphatic hydroxyl groups excluding tert-OH is 1. The Hall–Kier alpha value is -3.21. The number of nitrogens with zero attached hydrogens (tertiary/aromatic N) is 1. The van der Waals surface area contributed by atoms with Crippen LogP contribution in [0.3, 0.4) is 0 Å². The van der Waals surface area contributed by atoms with Crippen molar-refractivity contribution in [3.63, 3.8) is 0 Å². The molecule has 0 unspecified atom stereocenters.